The van der Waals surface area contributed by atoms with Crippen LogP contribution in [-0.2, 0) is 14.3 Å². The van der Waals surface area contributed by atoms with E-state index in [0.29, 0.717) is 32.5 Å². The van der Waals surface area contributed by atoms with E-state index >= 15 is 0 Å². The highest BCUT2D eigenvalue weighted by Gasteiger charge is 2.29. The van der Waals surface area contributed by atoms with Crippen molar-refractivity contribution in [3.63, 3.8) is 0 Å². The van der Waals surface area contributed by atoms with Gasteiger partial charge in [0.2, 0.25) is 0 Å². The summed E-state index contributed by atoms with van der Waals surface area (Å²) in [6, 6.07) is -1.40. The number of carbonyl (C=O) groups excluding carboxylic acids is 2. The molecule has 0 aromatic heterocycles. The molecule has 7 heteroatoms. The van der Waals surface area contributed by atoms with Crippen LogP contribution in [-0.4, -0.2) is 53.7 Å². The molecule has 21 heavy (non-hydrogen) atoms. The largest absolute Gasteiger partial charge is 0.480 e. The van der Waals surface area contributed by atoms with E-state index < -0.39 is 18.0 Å². The third kappa shape index (κ3) is 5.09. The highest BCUT2D eigenvalue weighted by molar-refractivity contribution is 5.83. The minimum absolute atomic E-state index is 0.167. The van der Waals surface area contributed by atoms with Gasteiger partial charge in [0, 0.05) is 13.1 Å². The smallest absolute Gasteiger partial charge is 0.326 e. The Kier molecular flexibility index (Phi) is 6.71. The third-order valence-electron chi connectivity index (χ3n) is 3.40. The number of hydrogen-bond donors (Lipinski definition) is 2. The number of rotatable bonds is 6. The molecule has 1 unspecified atom stereocenters. The van der Waals surface area contributed by atoms with Crippen molar-refractivity contribution in [2.75, 3.05) is 19.7 Å². The molecule has 7 nitrogen and oxygen atoms in total. The molecule has 2 N–H and O–H groups in total. The van der Waals surface area contributed by atoms with Crippen molar-refractivity contribution in [2.24, 2.45) is 5.92 Å². The predicted molar refractivity (Wildman–Crippen MR) is 75.7 cm³/mol. The maximum absolute atomic E-state index is 12.0. The van der Waals surface area contributed by atoms with E-state index in [9.17, 15) is 14.4 Å². The first kappa shape index (κ1) is 17.0. The number of likely N-dealkylation sites (tertiary alicyclic amines) is 1. The number of carbonyl (C=O) groups is 3. The molecule has 1 atom stereocenters. The van der Waals surface area contributed by atoms with Gasteiger partial charge in [-0.3, -0.25) is 4.79 Å². The molecule has 1 heterocycles. The fraction of sp³-hybridized carbons (Fsp3) is 0.643. The van der Waals surface area contributed by atoms with Gasteiger partial charge in [-0.1, -0.05) is 6.08 Å². The molecule has 0 spiro atoms. The van der Waals surface area contributed by atoms with Crippen molar-refractivity contribution >= 4 is 18.0 Å². The SMILES string of the molecule is C=CCC(NC(=O)N1CCC(C(=O)OCC)CC1)C(=O)O. The zero-order chi connectivity index (χ0) is 15.8. The van der Waals surface area contributed by atoms with E-state index in [1.54, 1.807) is 6.92 Å². The fourth-order valence-corrected chi connectivity index (χ4v) is 2.21. The molecular weight excluding hydrogens is 276 g/mol. The Morgan fingerprint density at radius 2 is 2.05 bits per heavy atom. The van der Waals surface area contributed by atoms with Crippen LogP contribution >= 0.6 is 0 Å². The number of carboxylic acids is 1. The van der Waals surface area contributed by atoms with E-state index in [4.69, 9.17) is 9.84 Å². The molecule has 0 aromatic rings. The number of ether oxygens (including phenoxy) is 1. The maximum Gasteiger partial charge on any atom is 0.326 e. The zero-order valence-corrected chi connectivity index (χ0v) is 12.2. The summed E-state index contributed by atoms with van der Waals surface area (Å²) in [4.78, 5) is 36.1. The Hall–Kier alpha value is -2.05. The molecule has 1 rings (SSSR count). The van der Waals surface area contributed by atoms with Crippen LogP contribution in [0.2, 0.25) is 0 Å². The summed E-state index contributed by atoms with van der Waals surface area (Å²) in [5, 5.41) is 11.4. The van der Waals surface area contributed by atoms with Crippen LogP contribution in [0.3, 0.4) is 0 Å². The maximum atomic E-state index is 12.0. The molecule has 0 aliphatic carbocycles. The number of carboxylic acid groups (broad SMARTS) is 1. The van der Waals surface area contributed by atoms with Crippen molar-refractivity contribution in [3.8, 4) is 0 Å². The molecular formula is C14H22N2O5. The van der Waals surface area contributed by atoms with Gasteiger partial charge < -0.3 is 20.1 Å². The van der Waals surface area contributed by atoms with E-state index in [1.807, 2.05) is 0 Å². The van der Waals surface area contributed by atoms with E-state index in [2.05, 4.69) is 11.9 Å². The van der Waals surface area contributed by atoms with Crippen molar-refractivity contribution in [3.05, 3.63) is 12.7 Å². The molecule has 0 saturated carbocycles. The quantitative estimate of drug-likeness (QED) is 0.563. The van der Waals surface area contributed by atoms with E-state index in [0.717, 1.165) is 0 Å². The average Bonchev–Trinajstić information content (AvgIpc) is 2.47. The van der Waals surface area contributed by atoms with Gasteiger partial charge in [-0.2, -0.15) is 0 Å². The fourth-order valence-electron chi connectivity index (χ4n) is 2.21. The number of nitrogens with zero attached hydrogens (tertiary/aromatic N) is 1. The molecule has 118 valence electrons. The number of nitrogens with one attached hydrogen (secondary N) is 1. The summed E-state index contributed by atoms with van der Waals surface area (Å²) in [5.74, 6) is -1.50. The standard InChI is InChI=1S/C14H22N2O5/c1-3-5-11(12(17)18)15-14(20)16-8-6-10(7-9-16)13(19)21-4-2/h3,10-11H,1,4-9H2,2H3,(H,15,20)(H,17,18). The summed E-state index contributed by atoms with van der Waals surface area (Å²) in [6.45, 7) is 6.40. The Morgan fingerprint density at radius 3 is 2.52 bits per heavy atom. The van der Waals surface area contributed by atoms with Crippen LogP contribution in [0.5, 0.6) is 0 Å². The minimum atomic E-state index is -1.09. The van der Waals surface area contributed by atoms with E-state index in [1.165, 1.54) is 11.0 Å². The lowest BCUT2D eigenvalue weighted by Gasteiger charge is -2.31. The van der Waals surface area contributed by atoms with E-state index in [-0.39, 0.29) is 18.3 Å². The highest BCUT2D eigenvalue weighted by Crippen LogP contribution is 2.18. The molecule has 0 aromatic carbocycles. The lowest BCUT2D eigenvalue weighted by atomic mass is 9.97. The lowest BCUT2D eigenvalue weighted by Crippen LogP contribution is -2.50. The number of esters is 1. The van der Waals surface area contributed by atoms with Gasteiger partial charge >= 0.3 is 18.0 Å². The van der Waals surface area contributed by atoms with Crippen LogP contribution in [0.15, 0.2) is 12.7 Å². The number of amides is 2. The lowest BCUT2D eigenvalue weighted by molar-refractivity contribution is -0.149. The first-order chi connectivity index (χ1) is 9.99. The van der Waals surface area contributed by atoms with Crippen LogP contribution in [0, 0.1) is 5.92 Å². The van der Waals surface area contributed by atoms with Crippen molar-refractivity contribution in [1.82, 2.24) is 10.2 Å². The van der Waals surface area contributed by atoms with Gasteiger partial charge in [0.05, 0.1) is 12.5 Å². The summed E-state index contributed by atoms with van der Waals surface area (Å²) in [6.07, 6.45) is 2.68. The van der Waals surface area contributed by atoms with Gasteiger partial charge in [0.1, 0.15) is 6.04 Å². The van der Waals surface area contributed by atoms with Gasteiger partial charge in [-0.15, -0.1) is 6.58 Å². The average molecular weight is 298 g/mol. The van der Waals surface area contributed by atoms with Gasteiger partial charge in [0.25, 0.3) is 0 Å². The second-order valence-electron chi connectivity index (χ2n) is 4.88. The van der Waals surface area contributed by atoms with Crippen LogP contribution in [0.4, 0.5) is 4.79 Å². The molecule has 0 bridgehead atoms. The summed E-state index contributed by atoms with van der Waals surface area (Å²) < 4.78 is 4.96. The summed E-state index contributed by atoms with van der Waals surface area (Å²) in [5.41, 5.74) is 0. The second kappa shape index (κ2) is 8.28. The minimum Gasteiger partial charge on any atom is -0.480 e. The number of hydrogen-bond acceptors (Lipinski definition) is 4. The number of urea groups is 1. The van der Waals surface area contributed by atoms with Crippen LogP contribution in [0.1, 0.15) is 26.2 Å². The van der Waals surface area contributed by atoms with Crippen molar-refractivity contribution in [1.29, 1.82) is 0 Å². The molecule has 2 amide bonds. The molecule has 1 aliphatic rings. The van der Waals surface area contributed by atoms with Gasteiger partial charge in [-0.05, 0) is 26.2 Å². The van der Waals surface area contributed by atoms with Crippen LogP contribution in [0.25, 0.3) is 0 Å². The third-order valence-corrected chi connectivity index (χ3v) is 3.40. The number of piperidine rings is 1. The molecule has 1 aliphatic heterocycles. The Morgan fingerprint density at radius 1 is 1.43 bits per heavy atom. The van der Waals surface area contributed by atoms with Gasteiger partial charge in [-0.25, -0.2) is 9.59 Å². The summed E-state index contributed by atoms with van der Waals surface area (Å²) >= 11 is 0. The van der Waals surface area contributed by atoms with Crippen molar-refractivity contribution in [2.45, 2.75) is 32.2 Å². The second-order valence-corrected chi connectivity index (χ2v) is 4.88. The Bertz CT molecular complexity index is 402. The first-order valence-electron chi connectivity index (χ1n) is 7.05. The monoisotopic (exact) mass is 298 g/mol. The first-order valence-corrected chi connectivity index (χ1v) is 7.05. The zero-order valence-electron chi connectivity index (χ0n) is 12.2. The topological polar surface area (TPSA) is 95.9 Å². The Balaban J connectivity index is 2.46. The summed E-state index contributed by atoms with van der Waals surface area (Å²) in [7, 11) is 0. The van der Waals surface area contributed by atoms with Crippen molar-refractivity contribution < 1.29 is 24.2 Å². The van der Waals surface area contributed by atoms with Crippen LogP contribution < -0.4 is 5.32 Å². The molecule has 0 radical (unpaired) electrons. The molecule has 1 fully saturated rings. The number of aliphatic carboxylic acids is 1. The molecule has 1 saturated heterocycles. The predicted octanol–water partition coefficient (Wildman–Crippen LogP) is 1.00. The van der Waals surface area contributed by atoms with Gasteiger partial charge in [0.15, 0.2) is 0 Å². The Labute approximate surface area is 123 Å². The normalized spacial score (nSPS) is 16.9. The highest BCUT2D eigenvalue weighted by atomic mass is 16.5.